The maximum Gasteiger partial charge on any atom is 0.255 e. The van der Waals surface area contributed by atoms with Crippen LogP contribution >= 0.6 is 0 Å². The summed E-state index contributed by atoms with van der Waals surface area (Å²) >= 11 is 0. The molecule has 12 heteroatoms. The number of aliphatic hydroxyl groups is 3. The van der Waals surface area contributed by atoms with Gasteiger partial charge in [0.25, 0.3) is 5.91 Å². The van der Waals surface area contributed by atoms with Crippen LogP contribution in [0, 0.1) is 11.8 Å². The molecule has 7 N–H and O–H groups in total. The molecule has 38 heavy (non-hydrogen) atoms. The monoisotopic (exact) mass is 523 g/mol. The van der Waals surface area contributed by atoms with Crippen LogP contribution in [0.25, 0.3) is 11.3 Å². The second-order valence-electron chi connectivity index (χ2n) is 9.90. The molecule has 12 nitrogen and oxygen atoms in total. The molecule has 0 fully saturated rings. The van der Waals surface area contributed by atoms with Crippen LogP contribution in [0.2, 0.25) is 0 Å². The fourth-order valence-electron chi connectivity index (χ4n) is 6.11. The summed E-state index contributed by atoms with van der Waals surface area (Å²) in [7, 11) is 3.13. The molecular formula is C26H25N3O9. The number of likely N-dealkylation sites (N-methyl/N-ethyl adjacent to an activating group) is 1. The summed E-state index contributed by atoms with van der Waals surface area (Å²) in [5.41, 5.74) is 2.31. The van der Waals surface area contributed by atoms with E-state index >= 15 is 0 Å². The minimum absolute atomic E-state index is 0.0264. The highest BCUT2D eigenvalue weighted by Crippen LogP contribution is 2.53. The molecule has 4 atom stereocenters. The number of hydrogen-bond donors (Lipinski definition) is 6. The lowest BCUT2D eigenvalue weighted by atomic mass is 9.58. The van der Waals surface area contributed by atoms with Crippen molar-refractivity contribution in [3.63, 3.8) is 0 Å². The van der Waals surface area contributed by atoms with Crippen LogP contribution in [0.4, 0.5) is 0 Å². The Kier molecular flexibility index (Phi) is 5.69. The zero-order chi connectivity index (χ0) is 27.7. The van der Waals surface area contributed by atoms with E-state index in [0.29, 0.717) is 16.9 Å². The number of Topliss-reactive ketones (excluding diaryl/α,β-unsaturated/α-hetero) is 2. The molecule has 0 aliphatic heterocycles. The number of aliphatic hydroxyl groups excluding tert-OH is 2. The van der Waals surface area contributed by atoms with E-state index in [4.69, 9.17) is 15.4 Å². The fourth-order valence-corrected chi connectivity index (χ4v) is 6.11. The third-order valence-electron chi connectivity index (χ3n) is 7.68. The summed E-state index contributed by atoms with van der Waals surface area (Å²) < 4.78 is 5.68. The first-order chi connectivity index (χ1) is 17.9. The fraction of sp³-hybridized carbons (Fsp3) is 0.308. The number of rotatable bonds is 4. The minimum Gasteiger partial charge on any atom is -0.510 e. The van der Waals surface area contributed by atoms with Crippen LogP contribution < -0.4 is 5.73 Å². The van der Waals surface area contributed by atoms with E-state index in [1.54, 1.807) is 32.3 Å². The first kappa shape index (κ1) is 25.2. The largest absolute Gasteiger partial charge is 0.510 e. The van der Waals surface area contributed by atoms with Crippen molar-refractivity contribution in [2.45, 2.75) is 24.5 Å². The molecule has 0 radical (unpaired) electrons. The number of furan rings is 1. The molecule has 0 spiro atoms. The van der Waals surface area contributed by atoms with E-state index in [9.17, 15) is 34.8 Å². The molecule has 1 aromatic heterocycles. The Bertz CT molecular complexity index is 1500. The van der Waals surface area contributed by atoms with E-state index in [1.807, 2.05) is 0 Å². The van der Waals surface area contributed by atoms with Crippen molar-refractivity contribution in [2.24, 2.45) is 22.7 Å². The van der Waals surface area contributed by atoms with Crippen LogP contribution in [0.5, 0.6) is 5.75 Å². The molecule has 0 bridgehead atoms. The number of nitrogens with zero attached hydrogens (tertiary/aromatic N) is 2. The van der Waals surface area contributed by atoms with Gasteiger partial charge in [-0.05, 0) is 62.7 Å². The van der Waals surface area contributed by atoms with Gasteiger partial charge in [0.2, 0.25) is 5.78 Å². The third-order valence-corrected chi connectivity index (χ3v) is 7.68. The predicted molar refractivity (Wildman–Crippen MR) is 131 cm³/mol. The van der Waals surface area contributed by atoms with E-state index in [0.717, 1.165) is 6.21 Å². The summed E-state index contributed by atoms with van der Waals surface area (Å²) in [5.74, 6) is -6.56. The van der Waals surface area contributed by atoms with E-state index in [2.05, 4.69) is 5.16 Å². The molecule has 0 saturated carbocycles. The van der Waals surface area contributed by atoms with Crippen LogP contribution in [0.1, 0.15) is 28.1 Å². The highest BCUT2D eigenvalue weighted by atomic mass is 16.4. The van der Waals surface area contributed by atoms with Gasteiger partial charge in [0.05, 0.1) is 11.6 Å². The summed E-state index contributed by atoms with van der Waals surface area (Å²) in [4.78, 5) is 40.6. The zero-order valence-electron chi connectivity index (χ0n) is 20.4. The van der Waals surface area contributed by atoms with E-state index in [-0.39, 0.29) is 35.5 Å². The molecule has 2 aromatic rings. The van der Waals surface area contributed by atoms with Crippen molar-refractivity contribution < 1.29 is 44.4 Å². The summed E-state index contributed by atoms with van der Waals surface area (Å²) in [6.07, 6.45) is 1.17. The van der Waals surface area contributed by atoms with Gasteiger partial charge in [0.1, 0.15) is 40.6 Å². The average molecular weight is 523 g/mol. The lowest BCUT2D eigenvalue weighted by molar-refractivity contribution is -0.148. The first-order valence-electron chi connectivity index (χ1n) is 11.7. The van der Waals surface area contributed by atoms with Crippen molar-refractivity contribution >= 4 is 23.7 Å². The van der Waals surface area contributed by atoms with Crippen molar-refractivity contribution in [2.75, 3.05) is 14.1 Å². The van der Waals surface area contributed by atoms with Crippen molar-refractivity contribution in [1.29, 1.82) is 0 Å². The number of hydrogen-bond acceptors (Lipinski definition) is 11. The van der Waals surface area contributed by atoms with Gasteiger partial charge >= 0.3 is 0 Å². The lowest BCUT2D eigenvalue weighted by Crippen LogP contribution is -2.63. The van der Waals surface area contributed by atoms with Gasteiger partial charge in [-0.25, -0.2) is 0 Å². The lowest BCUT2D eigenvalue weighted by Gasteiger charge is -2.50. The Morgan fingerprint density at radius 2 is 1.89 bits per heavy atom. The van der Waals surface area contributed by atoms with E-state index in [1.165, 1.54) is 11.0 Å². The molecule has 0 unspecified atom stereocenters. The summed E-state index contributed by atoms with van der Waals surface area (Å²) in [5, 5.41) is 56.1. The first-order valence-corrected chi connectivity index (χ1v) is 11.7. The topological polar surface area (TPSA) is 207 Å². The summed E-state index contributed by atoms with van der Waals surface area (Å²) in [6.45, 7) is 0. The normalized spacial score (nSPS) is 27.1. The number of aromatic hydroxyl groups is 1. The molecule has 3 aliphatic rings. The number of carbonyl (C=O) groups is 3. The maximum absolute atomic E-state index is 13.7. The van der Waals surface area contributed by atoms with Gasteiger partial charge in [0.15, 0.2) is 11.4 Å². The van der Waals surface area contributed by atoms with Gasteiger partial charge in [-0.2, -0.15) is 0 Å². The van der Waals surface area contributed by atoms with Crippen LogP contribution in [0.15, 0.2) is 56.5 Å². The Morgan fingerprint density at radius 3 is 2.53 bits per heavy atom. The smallest absolute Gasteiger partial charge is 0.255 e. The Morgan fingerprint density at radius 1 is 1.18 bits per heavy atom. The SMILES string of the molecule is CN(C)[C@H]1C(O)=C(C(N)=O)C(=O)[C@]2(O)C(O)=C3C(=O)c4c(O)ccc(-c5ccc(/C=N/O)o5)c4C[C@@H]3C[C@H]12. The molecule has 198 valence electrons. The van der Waals surface area contributed by atoms with Crippen LogP contribution in [0.3, 0.4) is 0 Å². The number of allylic oxidation sites excluding steroid dienone is 1. The Labute approximate surface area is 215 Å². The molecule has 3 aliphatic carbocycles. The third kappa shape index (κ3) is 3.30. The second kappa shape index (κ2) is 8.57. The average Bonchev–Trinajstić information content (AvgIpc) is 3.29. The number of amides is 1. The van der Waals surface area contributed by atoms with Gasteiger partial charge in [-0.15, -0.1) is 0 Å². The number of ketones is 2. The quantitative estimate of drug-likeness (QED) is 0.146. The number of nitrogens with two attached hydrogens (primary N) is 1. The van der Waals surface area contributed by atoms with Crippen molar-refractivity contribution in [3.8, 4) is 17.1 Å². The number of carbonyl (C=O) groups excluding carboxylic acids is 3. The molecule has 0 saturated heterocycles. The van der Waals surface area contributed by atoms with E-state index < -0.39 is 58.0 Å². The van der Waals surface area contributed by atoms with Crippen LogP contribution in [-0.4, -0.2) is 80.0 Å². The van der Waals surface area contributed by atoms with Crippen LogP contribution in [-0.2, 0) is 16.0 Å². The number of benzene rings is 1. The second-order valence-corrected chi connectivity index (χ2v) is 9.90. The number of oxime groups is 1. The molecular weight excluding hydrogens is 498 g/mol. The number of primary amides is 1. The standard InChI is InChI=1S/C26H25N3O9/c1-29(2)20-14-8-10-7-13-12(16-6-3-11(38-16)9-28-37)4-5-15(30)18(13)21(31)17(10)23(33)26(14,36)24(34)19(22(20)32)25(27)35/h3-6,9-10,14,20,30,32-33,36-37H,7-8H2,1-2H3,(H2,27,35)/b28-9+/t10-,14-,20-,26-/m1/s1. The molecule has 1 aromatic carbocycles. The molecule has 1 heterocycles. The number of fused-ring (bicyclic) bond motifs is 3. The predicted octanol–water partition coefficient (Wildman–Crippen LogP) is 1.19. The van der Waals surface area contributed by atoms with Crippen molar-refractivity contribution in [3.05, 3.63) is 63.8 Å². The molecule has 5 rings (SSSR count). The Balaban J connectivity index is 1.70. The van der Waals surface area contributed by atoms with Gasteiger partial charge in [-0.1, -0.05) is 5.16 Å². The minimum atomic E-state index is -2.70. The molecule has 1 amide bonds. The highest BCUT2D eigenvalue weighted by Gasteiger charge is 2.63. The van der Waals surface area contributed by atoms with Gasteiger partial charge in [0, 0.05) is 17.1 Å². The zero-order valence-corrected chi connectivity index (χ0v) is 20.4. The summed E-state index contributed by atoms with van der Waals surface area (Å²) in [6, 6.07) is 4.93. The van der Waals surface area contributed by atoms with Gasteiger partial charge in [-0.3, -0.25) is 19.3 Å². The highest BCUT2D eigenvalue weighted by molar-refractivity contribution is 6.24. The van der Waals surface area contributed by atoms with Crippen molar-refractivity contribution in [1.82, 2.24) is 4.90 Å². The number of phenols is 1. The van der Waals surface area contributed by atoms with Gasteiger partial charge < -0.3 is 35.8 Å². The number of phenolic OH excluding ortho intramolecular Hbond substituents is 1. The Hall–Kier alpha value is -4.42. The maximum atomic E-state index is 13.7.